The van der Waals surface area contributed by atoms with E-state index in [1.165, 1.54) is 11.6 Å². The summed E-state index contributed by atoms with van der Waals surface area (Å²) in [5, 5.41) is 4.07. The third-order valence-corrected chi connectivity index (χ3v) is 3.59. The molecule has 2 nitrogen and oxygen atoms in total. The smallest absolute Gasteiger partial charge is 0.387 e. The summed E-state index contributed by atoms with van der Waals surface area (Å²) in [5.74, 6) is 0.162. The molecule has 0 radical (unpaired) electrons. The Kier molecular flexibility index (Phi) is 4.87. The average Bonchev–Trinajstić information content (AvgIpc) is 2.89. The van der Waals surface area contributed by atoms with E-state index in [1.807, 2.05) is 11.4 Å². The van der Waals surface area contributed by atoms with Gasteiger partial charge in [0.2, 0.25) is 0 Å². The summed E-state index contributed by atoms with van der Waals surface area (Å²) in [7, 11) is 0. The van der Waals surface area contributed by atoms with Crippen LogP contribution in [0, 0.1) is 0 Å². The highest BCUT2D eigenvalue weighted by atomic mass is 32.1. The molecule has 19 heavy (non-hydrogen) atoms. The fourth-order valence-electron chi connectivity index (χ4n) is 1.90. The van der Waals surface area contributed by atoms with Crippen LogP contribution in [0.2, 0.25) is 0 Å². The third-order valence-electron chi connectivity index (χ3n) is 2.86. The summed E-state index contributed by atoms with van der Waals surface area (Å²) in [6, 6.07) is 8.42. The number of hydrogen-bond donors (Lipinski definition) is 1. The molecule has 5 heteroatoms. The minimum Gasteiger partial charge on any atom is -0.434 e. The van der Waals surface area contributed by atoms with Crippen LogP contribution in [-0.4, -0.2) is 6.61 Å². The number of ether oxygens (including phenoxy) is 1. The molecule has 102 valence electrons. The van der Waals surface area contributed by atoms with Crippen molar-refractivity contribution in [3.8, 4) is 5.75 Å². The van der Waals surface area contributed by atoms with Gasteiger partial charge in [0.05, 0.1) is 0 Å². The first-order chi connectivity index (χ1) is 9.16. The molecule has 0 bridgehead atoms. The van der Waals surface area contributed by atoms with Crippen LogP contribution in [0.3, 0.4) is 0 Å². The van der Waals surface area contributed by atoms with Gasteiger partial charge in [-0.3, -0.25) is 0 Å². The summed E-state index contributed by atoms with van der Waals surface area (Å²) < 4.78 is 29.1. The second-order valence-corrected chi connectivity index (χ2v) is 4.97. The van der Waals surface area contributed by atoms with Crippen LogP contribution < -0.4 is 10.5 Å². The van der Waals surface area contributed by atoms with E-state index in [4.69, 9.17) is 5.73 Å². The summed E-state index contributed by atoms with van der Waals surface area (Å²) in [6.45, 7) is -2.83. The van der Waals surface area contributed by atoms with Gasteiger partial charge in [0.25, 0.3) is 0 Å². The second kappa shape index (κ2) is 6.63. The van der Waals surface area contributed by atoms with Gasteiger partial charge in [0, 0.05) is 11.6 Å². The lowest BCUT2D eigenvalue weighted by Gasteiger charge is -2.16. The number of rotatable bonds is 6. The van der Waals surface area contributed by atoms with Crippen molar-refractivity contribution in [3.63, 3.8) is 0 Å². The molecule has 2 rings (SSSR count). The van der Waals surface area contributed by atoms with Crippen molar-refractivity contribution in [2.45, 2.75) is 25.5 Å². The van der Waals surface area contributed by atoms with Crippen LogP contribution in [0.5, 0.6) is 5.75 Å². The first kappa shape index (κ1) is 14.0. The predicted molar refractivity (Wildman–Crippen MR) is 72.6 cm³/mol. The predicted octanol–water partition coefficient (Wildman–Crippen LogP) is 3.98. The van der Waals surface area contributed by atoms with Crippen molar-refractivity contribution >= 4 is 11.3 Å². The number of aryl methyl sites for hydroxylation is 1. The maximum absolute atomic E-state index is 12.3. The molecule has 1 aromatic heterocycles. The van der Waals surface area contributed by atoms with Gasteiger partial charge in [-0.05, 0) is 41.3 Å². The normalized spacial score (nSPS) is 12.6. The molecule has 2 N–H and O–H groups in total. The fraction of sp³-hybridized carbons (Fsp3) is 0.286. The number of halogens is 2. The van der Waals surface area contributed by atoms with Crippen molar-refractivity contribution < 1.29 is 13.5 Å². The van der Waals surface area contributed by atoms with Crippen molar-refractivity contribution in [3.05, 3.63) is 52.2 Å². The van der Waals surface area contributed by atoms with Crippen LogP contribution in [-0.2, 0) is 6.42 Å². The monoisotopic (exact) mass is 283 g/mol. The molecule has 0 amide bonds. The van der Waals surface area contributed by atoms with E-state index in [0.717, 1.165) is 6.42 Å². The summed E-state index contributed by atoms with van der Waals surface area (Å²) in [5.41, 5.74) is 7.91. The van der Waals surface area contributed by atoms with Gasteiger partial charge in [-0.2, -0.15) is 20.1 Å². The van der Waals surface area contributed by atoms with E-state index >= 15 is 0 Å². The maximum Gasteiger partial charge on any atom is 0.387 e. The molecular formula is C14H15F2NOS. The van der Waals surface area contributed by atoms with E-state index in [-0.39, 0.29) is 11.8 Å². The lowest BCUT2D eigenvalue weighted by Crippen LogP contribution is -2.14. The van der Waals surface area contributed by atoms with Gasteiger partial charge in [-0.25, -0.2) is 0 Å². The summed E-state index contributed by atoms with van der Waals surface area (Å²) in [4.78, 5) is 0. The van der Waals surface area contributed by atoms with Gasteiger partial charge < -0.3 is 10.5 Å². The quantitative estimate of drug-likeness (QED) is 0.870. The molecule has 0 saturated carbocycles. The first-order valence-electron chi connectivity index (χ1n) is 5.97. The van der Waals surface area contributed by atoms with Crippen LogP contribution in [0.25, 0.3) is 0 Å². The molecular weight excluding hydrogens is 268 g/mol. The van der Waals surface area contributed by atoms with Crippen LogP contribution in [0.4, 0.5) is 8.78 Å². The minimum absolute atomic E-state index is 0.162. The fourth-order valence-corrected chi connectivity index (χ4v) is 2.61. The zero-order valence-corrected chi connectivity index (χ0v) is 11.1. The third kappa shape index (κ3) is 4.01. The number of thiophene rings is 1. The lowest BCUT2D eigenvalue weighted by atomic mass is 10.00. The van der Waals surface area contributed by atoms with E-state index in [0.29, 0.717) is 12.0 Å². The Morgan fingerprint density at radius 2 is 2.00 bits per heavy atom. The zero-order chi connectivity index (χ0) is 13.7. The van der Waals surface area contributed by atoms with Crippen molar-refractivity contribution in [1.29, 1.82) is 0 Å². The molecule has 1 aromatic carbocycles. The van der Waals surface area contributed by atoms with Crippen LogP contribution in [0.1, 0.15) is 23.6 Å². The van der Waals surface area contributed by atoms with Crippen LogP contribution in [0.15, 0.2) is 41.1 Å². The topological polar surface area (TPSA) is 35.2 Å². The average molecular weight is 283 g/mol. The molecule has 0 aliphatic carbocycles. The zero-order valence-electron chi connectivity index (χ0n) is 10.3. The molecule has 0 fully saturated rings. The first-order valence-corrected chi connectivity index (χ1v) is 6.91. The molecule has 1 unspecified atom stereocenters. The van der Waals surface area contributed by atoms with Gasteiger partial charge in [-0.15, -0.1) is 0 Å². The molecule has 2 aromatic rings. The number of benzene rings is 1. The number of nitrogens with two attached hydrogens (primary N) is 1. The van der Waals surface area contributed by atoms with E-state index in [2.05, 4.69) is 10.1 Å². The van der Waals surface area contributed by atoms with Gasteiger partial charge >= 0.3 is 6.61 Å². The largest absolute Gasteiger partial charge is 0.434 e. The Morgan fingerprint density at radius 3 is 2.68 bits per heavy atom. The van der Waals surface area contributed by atoms with E-state index in [1.54, 1.807) is 29.5 Å². The number of hydrogen-bond acceptors (Lipinski definition) is 3. The Hall–Kier alpha value is -1.46. The maximum atomic E-state index is 12.3. The molecule has 0 saturated heterocycles. The molecule has 1 heterocycles. The van der Waals surface area contributed by atoms with E-state index in [9.17, 15) is 8.78 Å². The summed E-state index contributed by atoms with van der Waals surface area (Å²) in [6.07, 6.45) is 1.52. The summed E-state index contributed by atoms with van der Waals surface area (Å²) >= 11 is 1.63. The lowest BCUT2D eigenvalue weighted by molar-refractivity contribution is -0.0506. The van der Waals surface area contributed by atoms with Crippen LogP contribution >= 0.6 is 11.3 Å². The SMILES string of the molecule is NC(CCc1ccsc1)c1ccccc1OC(F)F. The Balaban J connectivity index is 2.03. The number of alkyl halides is 2. The highest BCUT2D eigenvalue weighted by molar-refractivity contribution is 7.07. The Bertz CT molecular complexity index is 502. The van der Waals surface area contributed by atoms with Crippen molar-refractivity contribution in [2.75, 3.05) is 0 Å². The van der Waals surface area contributed by atoms with E-state index < -0.39 is 6.61 Å². The highest BCUT2D eigenvalue weighted by Crippen LogP contribution is 2.28. The van der Waals surface area contributed by atoms with Gasteiger partial charge in [0.15, 0.2) is 0 Å². The minimum atomic E-state index is -2.83. The molecule has 1 atom stereocenters. The molecule has 0 spiro atoms. The van der Waals surface area contributed by atoms with Gasteiger partial charge in [-0.1, -0.05) is 18.2 Å². The Morgan fingerprint density at radius 1 is 1.21 bits per heavy atom. The molecule has 0 aliphatic rings. The second-order valence-electron chi connectivity index (χ2n) is 4.19. The van der Waals surface area contributed by atoms with Crippen molar-refractivity contribution in [1.82, 2.24) is 0 Å². The number of para-hydroxylation sites is 1. The standard InChI is InChI=1S/C14H15F2NOS/c15-14(16)18-13-4-2-1-3-11(13)12(17)6-5-10-7-8-19-9-10/h1-4,7-9,12,14H,5-6,17H2. The van der Waals surface area contributed by atoms with Gasteiger partial charge in [0.1, 0.15) is 5.75 Å². The highest BCUT2D eigenvalue weighted by Gasteiger charge is 2.14. The Labute approximate surface area is 114 Å². The van der Waals surface area contributed by atoms with Crippen molar-refractivity contribution in [2.24, 2.45) is 5.73 Å². The molecule has 0 aliphatic heterocycles.